The summed E-state index contributed by atoms with van der Waals surface area (Å²) in [6.45, 7) is 7.49. The third kappa shape index (κ3) is 4.74. The zero-order chi connectivity index (χ0) is 19.1. The lowest BCUT2D eigenvalue weighted by molar-refractivity contribution is 0.636. The highest BCUT2D eigenvalue weighted by molar-refractivity contribution is 5.85. The van der Waals surface area contributed by atoms with Gasteiger partial charge in [0, 0.05) is 10.9 Å². The molecule has 27 heavy (non-hydrogen) atoms. The largest absolute Gasteiger partial charge is 0.205 e. The molecule has 0 saturated heterocycles. The van der Waals surface area contributed by atoms with Gasteiger partial charge in [-0.3, -0.25) is 0 Å². The van der Waals surface area contributed by atoms with Crippen molar-refractivity contribution >= 4 is 10.8 Å². The smallest absolute Gasteiger partial charge is 0.146 e. The molecule has 0 heterocycles. The summed E-state index contributed by atoms with van der Waals surface area (Å²) < 4.78 is 14.8. The standard InChI is InChI=1S/C26H23F/c1-3-5-7-20-9-11-21(12-10-20)13-15-23-16-17-24-19-22(8-6-4-2)14-18-25(24)26(23)27/h3-4,9-12,14,16-19H,1-2,5-8H2. The van der Waals surface area contributed by atoms with Gasteiger partial charge >= 0.3 is 0 Å². The maximum Gasteiger partial charge on any atom is 0.146 e. The van der Waals surface area contributed by atoms with Crippen LogP contribution in [0.1, 0.15) is 35.1 Å². The Hall–Kier alpha value is -3.11. The van der Waals surface area contributed by atoms with Crippen molar-refractivity contribution in [1.82, 2.24) is 0 Å². The molecule has 0 bridgehead atoms. The molecule has 0 radical (unpaired) electrons. The molecule has 0 saturated carbocycles. The van der Waals surface area contributed by atoms with Crippen molar-refractivity contribution in [1.29, 1.82) is 0 Å². The van der Waals surface area contributed by atoms with Gasteiger partial charge in [-0.05, 0) is 60.4 Å². The minimum absolute atomic E-state index is 0.252. The number of fused-ring (bicyclic) bond motifs is 1. The lowest BCUT2D eigenvalue weighted by atomic mass is 10.0. The molecule has 0 unspecified atom stereocenters. The van der Waals surface area contributed by atoms with E-state index in [-0.39, 0.29) is 5.82 Å². The SMILES string of the molecule is C=CCCc1ccc(C#Cc2ccc3cc(CCC=C)ccc3c2F)cc1. The highest BCUT2D eigenvalue weighted by Gasteiger charge is 2.06. The monoisotopic (exact) mass is 354 g/mol. The summed E-state index contributed by atoms with van der Waals surface area (Å²) in [5.74, 6) is 5.79. The molecule has 0 nitrogen and oxygen atoms in total. The number of allylic oxidation sites excluding steroid dienone is 2. The fourth-order valence-electron chi connectivity index (χ4n) is 3.03. The van der Waals surface area contributed by atoms with Crippen LogP contribution in [0.5, 0.6) is 0 Å². The van der Waals surface area contributed by atoms with E-state index in [1.807, 2.05) is 48.6 Å². The van der Waals surface area contributed by atoms with Gasteiger partial charge in [-0.2, -0.15) is 0 Å². The van der Waals surface area contributed by atoms with Gasteiger partial charge in [0.15, 0.2) is 0 Å². The molecular formula is C26H23F. The molecule has 0 aliphatic rings. The van der Waals surface area contributed by atoms with Crippen LogP contribution in [0.15, 0.2) is 79.9 Å². The molecule has 0 spiro atoms. The van der Waals surface area contributed by atoms with Gasteiger partial charge in [0.1, 0.15) is 5.82 Å². The molecular weight excluding hydrogens is 331 g/mol. The summed E-state index contributed by atoms with van der Waals surface area (Å²) >= 11 is 0. The molecule has 3 aromatic rings. The molecule has 0 fully saturated rings. The van der Waals surface area contributed by atoms with Gasteiger partial charge in [0.05, 0.1) is 5.56 Å². The van der Waals surface area contributed by atoms with Gasteiger partial charge in [-0.25, -0.2) is 4.39 Å². The second-order valence-electron chi connectivity index (χ2n) is 6.58. The molecule has 3 rings (SSSR count). The van der Waals surface area contributed by atoms with Crippen molar-refractivity contribution in [2.24, 2.45) is 0 Å². The van der Waals surface area contributed by atoms with Gasteiger partial charge in [-0.15, -0.1) is 13.2 Å². The number of rotatable bonds is 6. The van der Waals surface area contributed by atoms with E-state index in [9.17, 15) is 4.39 Å². The van der Waals surface area contributed by atoms with Crippen LogP contribution in [0.25, 0.3) is 10.8 Å². The summed E-state index contributed by atoms with van der Waals surface area (Å²) in [7, 11) is 0. The van der Waals surface area contributed by atoms with Gasteiger partial charge in [-0.1, -0.05) is 60.4 Å². The van der Waals surface area contributed by atoms with E-state index < -0.39 is 0 Å². The first kappa shape index (κ1) is 18.7. The van der Waals surface area contributed by atoms with Crippen LogP contribution in [0.4, 0.5) is 4.39 Å². The van der Waals surface area contributed by atoms with Crippen LogP contribution in [-0.2, 0) is 12.8 Å². The zero-order valence-electron chi connectivity index (χ0n) is 15.5. The maximum atomic E-state index is 14.8. The topological polar surface area (TPSA) is 0 Å². The second-order valence-corrected chi connectivity index (χ2v) is 6.58. The van der Waals surface area contributed by atoms with E-state index in [2.05, 4.69) is 37.1 Å². The first-order chi connectivity index (χ1) is 13.2. The third-order valence-corrected chi connectivity index (χ3v) is 4.59. The summed E-state index contributed by atoms with van der Waals surface area (Å²) in [5, 5.41) is 1.52. The van der Waals surface area contributed by atoms with E-state index in [4.69, 9.17) is 0 Å². The van der Waals surface area contributed by atoms with E-state index in [0.29, 0.717) is 10.9 Å². The molecule has 134 valence electrons. The lowest BCUT2D eigenvalue weighted by Crippen LogP contribution is -1.89. The summed E-state index contributed by atoms with van der Waals surface area (Å²) in [6.07, 6.45) is 7.59. The minimum atomic E-state index is -0.252. The Kier molecular flexibility index (Phi) is 6.23. The Balaban J connectivity index is 1.83. The molecule has 0 aliphatic heterocycles. The quantitative estimate of drug-likeness (QED) is 0.345. The normalized spacial score (nSPS) is 10.3. The predicted octanol–water partition coefficient (Wildman–Crippen LogP) is 6.62. The van der Waals surface area contributed by atoms with Crippen molar-refractivity contribution in [2.45, 2.75) is 25.7 Å². The molecule has 0 amide bonds. The van der Waals surface area contributed by atoms with E-state index >= 15 is 0 Å². The zero-order valence-corrected chi connectivity index (χ0v) is 15.5. The Morgan fingerprint density at radius 2 is 1.44 bits per heavy atom. The van der Waals surface area contributed by atoms with Gasteiger partial charge in [0.2, 0.25) is 0 Å². The Morgan fingerprint density at radius 1 is 0.778 bits per heavy atom. The summed E-state index contributed by atoms with van der Waals surface area (Å²) in [5.41, 5.74) is 3.76. The van der Waals surface area contributed by atoms with Crippen molar-refractivity contribution in [3.8, 4) is 11.8 Å². The van der Waals surface area contributed by atoms with Crippen LogP contribution < -0.4 is 0 Å². The molecule has 0 aromatic heterocycles. The fourth-order valence-corrected chi connectivity index (χ4v) is 3.03. The van der Waals surface area contributed by atoms with Crippen molar-refractivity contribution in [3.63, 3.8) is 0 Å². The number of hydrogen-bond acceptors (Lipinski definition) is 0. The van der Waals surface area contributed by atoms with Crippen molar-refractivity contribution < 1.29 is 4.39 Å². The van der Waals surface area contributed by atoms with Gasteiger partial charge < -0.3 is 0 Å². The number of benzene rings is 3. The van der Waals surface area contributed by atoms with E-state index in [1.54, 1.807) is 6.07 Å². The van der Waals surface area contributed by atoms with Crippen molar-refractivity contribution in [3.05, 3.63) is 108 Å². The number of hydrogen-bond donors (Lipinski definition) is 0. The van der Waals surface area contributed by atoms with Crippen LogP contribution in [-0.4, -0.2) is 0 Å². The highest BCUT2D eigenvalue weighted by Crippen LogP contribution is 2.23. The number of halogens is 1. The molecule has 3 aromatic carbocycles. The van der Waals surface area contributed by atoms with Crippen molar-refractivity contribution in [2.75, 3.05) is 0 Å². The summed E-state index contributed by atoms with van der Waals surface area (Å²) in [6, 6.07) is 17.7. The summed E-state index contributed by atoms with van der Waals surface area (Å²) in [4.78, 5) is 0. The average Bonchev–Trinajstić information content (AvgIpc) is 2.71. The van der Waals surface area contributed by atoms with Crippen LogP contribution in [0.3, 0.4) is 0 Å². The minimum Gasteiger partial charge on any atom is -0.205 e. The highest BCUT2D eigenvalue weighted by atomic mass is 19.1. The Morgan fingerprint density at radius 3 is 2.15 bits per heavy atom. The van der Waals surface area contributed by atoms with Gasteiger partial charge in [0.25, 0.3) is 0 Å². The molecule has 0 N–H and O–H groups in total. The Bertz CT molecular complexity index is 1010. The first-order valence-electron chi connectivity index (χ1n) is 9.25. The average molecular weight is 354 g/mol. The van der Waals surface area contributed by atoms with E-state index in [0.717, 1.165) is 36.6 Å². The van der Waals surface area contributed by atoms with Crippen LogP contribution >= 0.6 is 0 Å². The second kappa shape index (κ2) is 9.01. The maximum absolute atomic E-state index is 14.8. The first-order valence-corrected chi connectivity index (χ1v) is 9.25. The van der Waals surface area contributed by atoms with E-state index in [1.165, 1.54) is 11.1 Å². The van der Waals surface area contributed by atoms with Crippen LogP contribution in [0, 0.1) is 17.7 Å². The van der Waals surface area contributed by atoms with Crippen LogP contribution in [0.2, 0.25) is 0 Å². The predicted molar refractivity (Wildman–Crippen MR) is 113 cm³/mol. The third-order valence-electron chi connectivity index (χ3n) is 4.59. The molecule has 0 aliphatic carbocycles. The number of aryl methyl sites for hydroxylation is 2. The fraction of sp³-hybridized carbons (Fsp3) is 0.154. The lowest BCUT2D eigenvalue weighted by Gasteiger charge is -2.05. The Labute approximate surface area is 161 Å². The molecule has 0 atom stereocenters. The molecule has 1 heteroatoms.